The lowest BCUT2D eigenvalue weighted by Gasteiger charge is -2.37. The van der Waals surface area contributed by atoms with E-state index in [4.69, 9.17) is 0 Å². The lowest BCUT2D eigenvalue weighted by atomic mass is 9.63. The van der Waals surface area contributed by atoms with Crippen LogP contribution in [0.4, 0.5) is 5.69 Å². The molecule has 0 aromatic heterocycles. The zero-order valence-electron chi connectivity index (χ0n) is 11.3. The van der Waals surface area contributed by atoms with Gasteiger partial charge in [-0.15, -0.1) is 0 Å². The molecule has 0 N–H and O–H groups in total. The van der Waals surface area contributed by atoms with Gasteiger partial charge in [0.15, 0.2) is 0 Å². The second kappa shape index (κ2) is 3.86. The number of rotatable bonds is 1. The van der Waals surface area contributed by atoms with E-state index in [0.29, 0.717) is 29.4 Å². The average molecular weight is 344 g/mol. The minimum atomic E-state index is -0.111. The molecule has 2 bridgehead atoms. The molecular weight excluding hydrogens is 330 g/mol. The van der Waals surface area contributed by atoms with Crippen molar-refractivity contribution in [2.75, 3.05) is 4.90 Å². The number of carbonyl (C=O) groups is 2. The van der Waals surface area contributed by atoms with Crippen molar-refractivity contribution >= 4 is 33.4 Å². The van der Waals surface area contributed by atoms with E-state index < -0.39 is 0 Å². The summed E-state index contributed by atoms with van der Waals surface area (Å²) in [5.74, 6) is 1.70. The van der Waals surface area contributed by atoms with Gasteiger partial charge in [0, 0.05) is 4.47 Å². The van der Waals surface area contributed by atoms with Gasteiger partial charge >= 0.3 is 0 Å². The molecule has 4 heteroatoms. The minimum Gasteiger partial charge on any atom is -0.274 e. The van der Waals surface area contributed by atoms with Crippen LogP contribution in [0.1, 0.15) is 6.42 Å². The largest absolute Gasteiger partial charge is 0.274 e. The Morgan fingerprint density at radius 2 is 1.43 bits per heavy atom. The molecule has 6 atom stereocenters. The van der Waals surface area contributed by atoms with Crippen LogP contribution in [0, 0.1) is 35.5 Å². The number of hydrogen-bond donors (Lipinski definition) is 0. The first-order valence-electron chi connectivity index (χ1n) is 7.48. The summed E-state index contributed by atoms with van der Waals surface area (Å²) in [6, 6.07) is 7.44. The normalized spacial score (nSPS) is 42.2. The highest BCUT2D eigenvalue weighted by Gasteiger charge is 2.67. The molecule has 1 aliphatic heterocycles. The first kappa shape index (κ1) is 12.2. The molecule has 2 amide bonds. The van der Waals surface area contributed by atoms with Crippen molar-refractivity contribution in [1.29, 1.82) is 0 Å². The van der Waals surface area contributed by atoms with Crippen molar-refractivity contribution in [2.45, 2.75) is 6.42 Å². The van der Waals surface area contributed by atoms with E-state index in [1.165, 1.54) is 11.3 Å². The monoisotopic (exact) mass is 343 g/mol. The lowest BCUT2D eigenvalue weighted by molar-refractivity contribution is -0.124. The molecule has 1 heterocycles. The predicted octanol–water partition coefficient (Wildman–Crippen LogP) is 3.01. The number of carbonyl (C=O) groups excluding carboxylic acids is 2. The fraction of sp³-hybridized carbons (Fsp3) is 0.412. The Morgan fingerprint density at radius 1 is 0.905 bits per heavy atom. The van der Waals surface area contributed by atoms with Crippen LogP contribution < -0.4 is 4.90 Å². The average Bonchev–Trinajstić information content (AvgIpc) is 3.26. The van der Waals surface area contributed by atoms with E-state index in [-0.39, 0.29) is 23.7 Å². The molecule has 2 saturated carbocycles. The molecule has 1 aromatic carbocycles. The molecule has 106 valence electrons. The Balaban J connectivity index is 1.58. The summed E-state index contributed by atoms with van der Waals surface area (Å²) in [7, 11) is 0. The first-order valence-corrected chi connectivity index (χ1v) is 8.28. The molecule has 3 fully saturated rings. The smallest absolute Gasteiger partial charge is 0.238 e. The molecule has 1 aromatic rings. The summed E-state index contributed by atoms with van der Waals surface area (Å²) >= 11 is 3.39. The molecule has 21 heavy (non-hydrogen) atoms. The van der Waals surface area contributed by atoms with E-state index in [9.17, 15) is 9.59 Å². The SMILES string of the molecule is O=C1[C@H]2[C@@H]3C=C[C@@H]([C@H]4C[C@H]34)[C@@H]2C(=O)N1c1ccc(Br)cc1. The third-order valence-corrected chi connectivity index (χ3v) is 6.28. The fourth-order valence-corrected chi connectivity index (χ4v) is 5.07. The Bertz CT molecular complexity index is 659. The third-order valence-electron chi connectivity index (χ3n) is 5.75. The van der Waals surface area contributed by atoms with Crippen LogP contribution >= 0.6 is 15.9 Å². The van der Waals surface area contributed by atoms with Crippen molar-refractivity contribution in [3.05, 3.63) is 40.9 Å². The van der Waals surface area contributed by atoms with Crippen LogP contribution in [0.2, 0.25) is 0 Å². The van der Waals surface area contributed by atoms with Crippen LogP contribution in [0.15, 0.2) is 40.9 Å². The second-order valence-corrected chi connectivity index (χ2v) is 7.56. The van der Waals surface area contributed by atoms with Gasteiger partial charge in [0.2, 0.25) is 11.8 Å². The summed E-state index contributed by atoms with van der Waals surface area (Å²) in [5, 5.41) is 0. The van der Waals surface area contributed by atoms with E-state index in [0.717, 1.165) is 4.47 Å². The topological polar surface area (TPSA) is 37.4 Å². The Hall–Kier alpha value is -1.42. The van der Waals surface area contributed by atoms with Crippen molar-refractivity contribution in [2.24, 2.45) is 35.5 Å². The van der Waals surface area contributed by atoms with Crippen LogP contribution in [0.3, 0.4) is 0 Å². The van der Waals surface area contributed by atoms with Gasteiger partial charge < -0.3 is 0 Å². The van der Waals surface area contributed by atoms with Gasteiger partial charge in [-0.1, -0.05) is 28.1 Å². The van der Waals surface area contributed by atoms with Crippen LogP contribution in [0.25, 0.3) is 0 Å². The van der Waals surface area contributed by atoms with Crippen molar-refractivity contribution in [3.63, 3.8) is 0 Å². The molecule has 6 rings (SSSR count). The first-order chi connectivity index (χ1) is 10.2. The number of imide groups is 1. The zero-order valence-corrected chi connectivity index (χ0v) is 12.9. The highest BCUT2D eigenvalue weighted by atomic mass is 79.9. The number of allylic oxidation sites excluding steroid dienone is 2. The highest BCUT2D eigenvalue weighted by molar-refractivity contribution is 9.10. The Morgan fingerprint density at radius 3 is 1.95 bits per heavy atom. The Labute approximate surface area is 131 Å². The number of amides is 2. The minimum absolute atomic E-state index is 0.0111. The number of benzene rings is 1. The molecule has 0 radical (unpaired) electrons. The fourth-order valence-electron chi connectivity index (χ4n) is 4.80. The number of halogens is 1. The van der Waals surface area contributed by atoms with Gasteiger partial charge in [-0.2, -0.15) is 0 Å². The maximum atomic E-state index is 12.8. The molecular formula is C17H14BrNO2. The summed E-state index contributed by atoms with van der Waals surface area (Å²) < 4.78 is 0.950. The van der Waals surface area contributed by atoms with Gasteiger partial charge in [-0.05, 0) is 54.4 Å². The standard InChI is InChI=1S/C17H14BrNO2/c18-8-1-3-9(4-2-8)19-16(20)14-10-5-6-11(13-7-12(10)13)15(14)17(19)21/h1-6,10-15H,7H2/t10-,11+,12-,13-,14+,15+/m1/s1. The maximum Gasteiger partial charge on any atom is 0.238 e. The summed E-state index contributed by atoms with van der Waals surface area (Å²) in [6.07, 6.45) is 5.61. The number of nitrogens with zero attached hydrogens (tertiary/aromatic N) is 1. The summed E-state index contributed by atoms with van der Waals surface area (Å²) in [5.41, 5.74) is 0.704. The maximum absolute atomic E-state index is 12.8. The van der Waals surface area contributed by atoms with Crippen molar-refractivity contribution in [3.8, 4) is 0 Å². The van der Waals surface area contributed by atoms with Crippen LogP contribution in [-0.4, -0.2) is 11.8 Å². The third kappa shape index (κ3) is 1.44. The van der Waals surface area contributed by atoms with E-state index in [1.54, 1.807) is 0 Å². The second-order valence-electron chi connectivity index (χ2n) is 6.64. The van der Waals surface area contributed by atoms with Gasteiger partial charge in [0.1, 0.15) is 0 Å². The van der Waals surface area contributed by atoms with Crippen molar-refractivity contribution in [1.82, 2.24) is 0 Å². The number of anilines is 1. The number of hydrogen-bond acceptors (Lipinski definition) is 2. The molecule has 3 nitrogen and oxygen atoms in total. The van der Waals surface area contributed by atoms with E-state index in [1.807, 2.05) is 24.3 Å². The van der Waals surface area contributed by atoms with E-state index >= 15 is 0 Å². The van der Waals surface area contributed by atoms with Crippen molar-refractivity contribution < 1.29 is 9.59 Å². The Kier molecular flexibility index (Phi) is 2.23. The quantitative estimate of drug-likeness (QED) is 0.580. The lowest BCUT2D eigenvalue weighted by Crippen LogP contribution is -2.40. The van der Waals surface area contributed by atoms with Crippen LogP contribution in [-0.2, 0) is 9.59 Å². The molecule has 1 saturated heterocycles. The molecule has 0 unspecified atom stereocenters. The summed E-state index contributed by atoms with van der Waals surface area (Å²) in [4.78, 5) is 27.1. The highest BCUT2D eigenvalue weighted by Crippen LogP contribution is 2.65. The van der Waals surface area contributed by atoms with Crippen LogP contribution in [0.5, 0.6) is 0 Å². The molecule has 5 aliphatic rings. The molecule has 4 aliphatic carbocycles. The van der Waals surface area contributed by atoms with Gasteiger partial charge in [0.25, 0.3) is 0 Å². The zero-order chi connectivity index (χ0) is 14.3. The summed E-state index contributed by atoms with van der Waals surface area (Å²) in [6.45, 7) is 0. The van der Waals surface area contributed by atoms with Gasteiger partial charge in [-0.25, -0.2) is 0 Å². The van der Waals surface area contributed by atoms with E-state index in [2.05, 4.69) is 28.1 Å². The van der Waals surface area contributed by atoms with Gasteiger partial charge in [0.05, 0.1) is 17.5 Å². The molecule has 0 spiro atoms. The van der Waals surface area contributed by atoms with Gasteiger partial charge in [-0.3, -0.25) is 14.5 Å². The predicted molar refractivity (Wildman–Crippen MR) is 81.3 cm³/mol.